The molecule has 1 heterocycles. The summed E-state index contributed by atoms with van der Waals surface area (Å²) in [6.07, 6.45) is 1.61. The van der Waals surface area contributed by atoms with E-state index in [9.17, 15) is 9.59 Å². The molecule has 1 atom stereocenters. The van der Waals surface area contributed by atoms with Crippen molar-refractivity contribution in [3.8, 4) is 0 Å². The fourth-order valence-corrected chi connectivity index (χ4v) is 2.25. The quantitative estimate of drug-likeness (QED) is 0.859. The monoisotopic (exact) mass is 271 g/mol. The highest BCUT2D eigenvalue weighted by atomic mass is 32.1. The van der Waals surface area contributed by atoms with E-state index < -0.39 is 5.97 Å². The number of hydrogen-bond acceptors (Lipinski definition) is 4. The van der Waals surface area contributed by atoms with Crippen LogP contribution >= 0.6 is 11.3 Å². The third-order valence-corrected chi connectivity index (χ3v) is 3.27. The highest BCUT2D eigenvalue weighted by Gasteiger charge is 2.21. The summed E-state index contributed by atoms with van der Waals surface area (Å²) in [4.78, 5) is 29.1. The van der Waals surface area contributed by atoms with E-state index in [4.69, 9.17) is 5.11 Å². The van der Waals surface area contributed by atoms with Crippen LogP contribution < -0.4 is 5.32 Å². The van der Waals surface area contributed by atoms with Crippen molar-refractivity contribution in [2.24, 2.45) is 0 Å². The largest absolute Gasteiger partial charge is 0.481 e. The highest BCUT2D eigenvalue weighted by molar-refractivity contribution is 7.15. The lowest BCUT2D eigenvalue weighted by molar-refractivity contribution is -0.137. The van der Waals surface area contributed by atoms with Gasteiger partial charge in [0.05, 0.1) is 6.42 Å². The van der Waals surface area contributed by atoms with Gasteiger partial charge >= 0.3 is 12.0 Å². The van der Waals surface area contributed by atoms with Crippen LogP contribution in [0.5, 0.6) is 0 Å². The Morgan fingerprint density at radius 2 is 2.28 bits per heavy atom. The number of aliphatic carboxylic acids is 1. The molecule has 7 heteroatoms. The number of aromatic nitrogens is 1. The molecule has 0 saturated carbocycles. The number of amides is 2. The molecule has 0 aliphatic rings. The molecule has 6 nitrogen and oxygen atoms in total. The average Bonchev–Trinajstić information content (AvgIpc) is 2.63. The fourth-order valence-electron chi connectivity index (χ4n) is 1.59. The van der Waals surface area contributed by atoms with Gasteiger partial charge in [-0.15, -0.1) is 11.3 Å². The summed E-state index contributed by atoms with van der Waals surface area (Å²) in [5, 5.41) is 11.9. The number of carboxylic acid groups (broad SMARTS) is 1. The smallest absolute Gasteiger partial charge is 0.323 e. The minimum atomic E-state index is -0.918. The maximum atomic E-state index is 12.0. The van der Waals surface area contributed by atoms with Gasteiger partial charge in [-0.25, -0.2) is 9.78 Å². The Morgan fingerprint density at radius 1 is 1.61 bits per heavy atom. The molecule has 1 aromatic rings. The summed E-state index contributed by atoms with van der Waals surface area (Å²) in [5.74, 6) is -0.918. The summed E-state index contributed by atoms with van der Waals surface area (Å²) >= 11 is 1.38. The van der Waals surface area contributed by atoms with Crippen LogP contribution in [-0.2, 0) is 4.79 Å². The van der Waals surface area contributed by atoms with E-state index >= 15 is 0 Å². The van der Waals surface area contributed by atoms with Crippen molar-refractivity contribution >= 4 is 28.5 Å². The second-order valence-corrected chi connectivity index (χ2v) is 5.17. The van der Waals surface area contributed by atoms with Gasteiger partial charge in [0.2, 0.25) is 0 Å². The highest BCUT2D eigenvalue weighted by Crippen LogP contribution is 2.17. The van der Waals surface area contributed by atoms with E-state index in [1.807, 2.05) is 13.8 Å². The Balaban J connectivity index is 2.64. The Labute approximate surface area is 110 Å². The second kappa shape index (κ2) is 6.34. The summed E-state index contributed by atoms with van der Waals surface area (Å²) in [7, 11) is 0. The molecule has 1 unspecified atom stereocenters. The molecule has 0 aliphatic carbocycles. The Kier molecular flexibility index (Phi) is 5.08. The number of carbonyl (C=O) groups is 2. The molecule has 2 N–H and O–H groups in total. The minimum Gasteiger partial charge on any atom is -0.481 e. The molecule has 2 amide bonds. The second-order valence-electron chi connectivity index (χ2n) is 3.94. The van der Waals surface area contributed by atoms with Crippen molar-refractivity contribution in [1.29, 1.82) is 0 Å². The van der Waals surface area contributed by atoms with Gasteiger partial charge in [-0.2, -0.15) is 0 Å². The Bertz CT molecular complexity index is 433. The summed E-state index contributed by atoms with van der Waals surface area (Å²) < 4.78 is 0. The van der Waals surface area contributed by atoms with Gasteiger partial charge in [0.25, 0.3) is 0 Å². The molecule has 1 aromatic heterocycles. The van der Waals surface area contributed by atoms with Crippen molar-refractivity contribution < 1.29 is 14.7 Å². The normalized spacial score (nSPS) is 11.9. The number of thiazole rings is 1. The van der Waals surface area contributed by atoms with Crippen LogP contribution in [0.2, 0.25) is 0 Å². The maximum Gasteiger partial charge on any atom is 0.323 e. The predicted molar refractivity (Wildman–Crippen MR) is 70.0 cm³/mol. The number of aryl methyl sites for hydroxylation is 1. The van der Waals surface area contributed by atoms with Crippen LogP contribution in [0.4, 0.5) is 9.93 Å². The van der Waals surface area contributed by atoms with Gasteiger partial charge in [-0.3, -0.25) is 10.1 Å². The van der Waals surface area contributed by atoms with Crippen LogP contribution in [0.3, 0.4) is 0 Å². The van der Waals surface area contributed by atoms with Gasteiger partial charge in [0.1, 0.15) is 0 Å². The van der Waals surface area contributed by atoms with Crippen LogP contribution in [0.25, 0.3) is 0 Å². The van der Waals surface area contributed by atoms with Crippen molar-refractivity contribution in [3.05, 3.63) is 11.1 Å². The van der Waals surface area contributed by atoms with E-state index in [0.29, 0.717) is 11.7 Å². The van der Waals surface area contributed by atoms with Crippen LogP contribution in [0.1, 0.15) is 25.1 Å². The Hall–Kier alpha value is -1.63. The van der Waals surface area contributed by atoms with Crippen LogP contribution in [-0.4, -0.2) is 39.6 Å². The number of rotatable bonds is 5. The zero-order valence-electron chi connectivity index (χ0n) is 10.6. The third-order valence-electron chi connectivity index (χ3n) is 2.44. The summed E-state index contributed by atoms with van der Waals surface area (Å²) in [6.45, 7) is 5.87. The third kappa shape index (κ3) is 3.99. The number of urea groups is 1. The summed E-state index contributed by atoms with van der Waals surface area (Å²) in [6, 6.07) is -0.672. The number of carboxylic acids is 1. The SMILES string of the molecule is CCN(C(=O)Nc1ncc(C)s1)C(C)CC(=O)O. The number of carbonyl (C=O) groups excluding carboxylic acids is 1. The van der Waals surface area contributed by atoms with Crippen molar-refractivity contribution in [1.82, 2.24) is 9.88 Å². The lowest BCUT2D eigenvalue weighted by Crippen LogP contribution is -2.42. The fraction of sp³-hybridized carbons (Fsp3) is 0.545. The first kappa shape index (κ1) is 14.4. The van der Waals surface area contributed by atoms with Gasteiger partial charge < -0.3 is 10.0 Å². The zero-order chi connectivity index (χ0) is 13.7. The lowest BCUT2D eigenvalue weighted by Gasteiger charge is -2.26. The molecule has 0 aromatic carbocycles. The molecule has 0 bridgehead atoms. The number of hydrogen-bond donors (Lipinski definition) is 2. The van der Waals surface area contributed by atoms with Crippen molar-refractivity contribution in [2.45, 2.75) is 33.2 Å². The van der Waals surface area contributed by atoms with Crippen LogP contribution in [0.15, 0.2) is 6.20 Å². The van der Waals surface area contributed by atoms with Crippen molar-refractivity contribution in [2.75, 3.05) is 11.9 Å². The molecule has 0 saturated heterocycles. The van der Waals surface area contributed by atoms with Gasteiger partial charge in [-0.05, 0) is 20.8 Å². The van der Waals surface area contributed by atoms with E-state index in [2.05, 4.69) is 10.3 Å². The minimum absolute atomic E-state index is 0.0713. The first-order chi connectivity index (χ1) is 8.43. The molecule has 0 radical (unpaired) electrons. The maximum absolute atomic E-state index is 12.0. The molecular weight excluding hydrogens is 254 g/mol. The molecule has 0 spiro atoms. The number of nitrogens with one attached hydrogen (secondary N) is 1. The predicted octanol–water partition coefficient (Wildman–Crippen LogP) is 2.17. The van der Waals surface area contributed by atoms with E-state index in [0.717, 1.165) is 4.88 Å². The van der Waals surface area contributed by atoms with Crippen molar-refractivity contribution in [3.63, 3.8) is 0 Å². The Morgan fingerprint density at radius 3 is 2.72 bits per heavy atom. The van der Waals surface area contributed by atoms with E-state index in [1.54, 1.807) is 13.1 Å². The molecule has 0 fully saturated rings. The van der Waals surface area contributed by atoms with Gasteiger partial charge in [-0.1, -0.05) is 0 Å². The van der Waals surface area contributed by atoms with E-state index in [1.165, 1.54) is 16.2 Å². The summed E-state index contributed by atoms with van der Waals surface area (Å²) in [5.41, 5.74) is 0. The van der Waals surface area contributed by atoms with Gasteiger partial charge in [0, 0.05) is 23.7 Å². The van der Waals surface area contributed by atoms with Crippen LogP contribution in [0, 0.1) is 6.92 Å². The first-order valence-electron chi connectivity index (χ1n) is 5.65. The standard InChI is InChI=1S/C11H17N3O3S/c1-4-14(7(2)5-9(15)16)11(17)13-10-12-6-8(3)18-10/h6-7H,4-5H2,1-3H3,(H,15,16)(H,12,13,17). The van der Waals surface area contributed by atoms with E-state index in [-0.39, 0.29) is 18.5 Å². The number of nitrogens with zero attached hydrogens (tertiary/aromatic N) is 2. The molecule has 0 aliphatic heterocycles. The topological polar surface area (TPSA) is 82.5 Å². The molecular formula is C11H17N3O3S. The molecule has 100 valence electrons. The van der Waals surface area contributed by atoms with Gasteiger partial charge in [0.15, 0.2) is 5.13 Å². The first-order valence-corrected chi connectivity index (χ1v) is 6.47. The molecule has 1 rings (SSSR count). The lowest BCUT2D eigenvalue weighted by atomic mass is 10.2. The molecule has 18 heavy (non-hydrogen) atoms. The number of anilines is 1. The zero-order valence-corrected chi connectivity index (χ0v) is 11.5. The average molecular weight is 271 g/mol.